The van der Waals surface area contributed by atoms with Gasteiger partial charge in [0.2, 0.25) is 0 Å². The number of thiazole rings is 1. The fourth-order valence-electron chi connectivity index (χ4n) is 3.70. The quantitative estimate of drug-likeness (QED) is 0.670. The average molecular weight is 423 g/mol. The highest BCUT2D eigenvalue weighted by Gasteiger charge is 2.33. The van der Waals surface area contributed by atoms with Gasteiger partial charge in [-0.3, -0.25) is 4.79 Å². The lowest BCUT2D eigenvalue weighted by Gasteiger charge is -2.38. The van der Waals surface area contributed by atoms with Crippen molar-refractivity contribution in [1.82, 2.24) is 14.5 Å². The molecule has 0 aliphatic carbocycles. The number of nitrogens with one attached hydrogen (secondary N) is 1. The van der Waals surface area contributed by atoms with Crippen molar-refractivity contribution >= 4 is 44.9 Å². The Kier molecular flexibility index (Phi) is 4.90. The number of aromatic carboxylic acids is 1. The SMILES string of the molecule is COC1CN(c2ncc(C(=O)O)s2)CCC1n1ccc2c(Cl)c(C)[nH]c2c1=O. The fourth-order valence-corrected chi connectivity index (χ4v) is 4.69. The van der Waals surface area contributed by atoms with Crippen molar-refractivity contribution in [2.75, 3.05) is 25.1 Å². The van der Waals surface area contributed by atoms with E-state index in [1.54, 1.807) is 17.9 Å². The Bertz CT molecular complexity index is 1100. The van der Waals surface area contributed by atoms with Crippen molar-refractivity contribution < 1.29 is 14.6 Å². The lowest BCUT2D eigenvalue weighted by atomic mass is 10.0. The Hall–Kier alpha value is -2.36. The van der Waals surface area contributed by atoms with Crippen molar-refractivity contribution in [2.45, 2.75) is 25.5 Å². The number of aryl methyl sites for hydroxylation is 1. The van der Waals surface area contributed by atoms with Crippen molar-refractivity contribution in [1.29, 1.82) is 0 Å². The number of piperidine rings is 1. The predicted molar refractivity (Wildman–Crippen MR) is 108 cm³/mol. The van der Waals surface area contributed by atoms with Gasteiger partial charge in [-0.05, 0) is 19.4 Å². The van der Waals surface area contributed by atoms with E-state index in [1.165, 1.54) is 6.20 Å². The number of anilines is 1. The second-order valence-electron chi connectivity index (χ2n) is 6.77. The number of pyridine rings is 1. The van der Waals surface area contributed by atoms with Crippen LogP contribution in [0.2, 0.25) is 5.02 Å². The van der Waals surface area contributed by atoms with Crippen molar-refractivity contribution in [3.8, 4) is 0 Å². The van der Waals surface area contributed by atoms with Crippen molar-refractivity contribution in [2.24, 2.45) is 0 Å². The number of halogens is 1. The predicted octanol–water partition coefficient (Wildman–Crippen LogP) is 2.91. The van der Waals surface area contributed by atoms with Crippen LogP contribution >= 0.6 is 22.9 Å². The van der Waals surface area contributed by atoms with Gasteiger partial charge in [-0.25, -0.2) is 9.78 Å². The molecule has 2 unspecified atom stereocenters. The van der Waals surface area contributed by atoms with Gasteiger partial charge in [-0.2, -0.15) is 0 Å². The second-order valence-corrected chi connectivity index (χ2v) is 8.16. The smallest absolute Gasteiger partial charge is 0.347 e. The number of aromatic amines is 1. The van der Waals surface area contributed by atoms with E-state index in [0.29, 0.717) is 35.2 Å². The lowest BCUT2D eigenvalue weighted by Crippen LogP contribution is -2.47. The zero-order chi connectivity index (χ0) is 20.0. The molecule has 4 rings (SSSR count). The van der Waals surface area contributed by atoms with Gasteiger partial charge >= 0.3 is 5.97 Å². The minimum atomic E-state index is -0.985. The van der Waals surface area contributed by atoms with E-state index < -0.39 is 5.97 Å². The van der Waals surface area contributed by atoms with E-state index in [9.17, 15) is 9.59 Å². The Morgan fingerprint density at radius 1 is 1.50 bits per heavy atom. The van der Waals surface area contributed by atoms with Crippen LogP contribution in [0.25, 0.3) is 10.9 Å². The van der Waals surface area contributed by atoms with Crippen LogP contribution in [0.3, 0.4) is 0 Å². The standard InChI is InChI=1S/C18H19ClN4O4S/c1-9-14(19)10-3-6-23(16(24)15(10)21-9)11-4-5-22(8-12(11)27-2)18-20-7-13(28-18)17(25)26/h3,6-7,11-12,21H,4-5,8H2,1-2H3,(H,25,26). The number of fused-ring (bicyclic) bond motifs is 1. The summed E-state index contributed by atoms with van der Waals surface area (Å²) in [5.41, 5.74) is 1.13. The molecule has 0 spiro atoms. The van der Waals surface area contributed by atoms with Gasteiger partial charge in [0.05, 0.1) is 23.4 Å². The van der Waals surface area contributed by atoms with E-state index in [1.807, 2.05) is 17.9 Å². The molecule has 0 amide bonds. The summed E-state index contributed by atoms with van der Waals surface area (Å²) in [7, 11) is 1.62. The molecular weight excluding hydrogens is 404 g/mol. The number of nitrogens with zero attached hydrogens (tertiary/aromatic N) is 3. The average Bonchev–Trinajstić information content (AvgIpc) is 3.29. The maximum atomic E-state index is 13.0. The minimum Gasteiger partial charge on any atom is -0.477 e. The molecule has 28 heavy (non-hydrogen) atoms. The van der Waals surface area contributed by atoms with E-state index >= 15 is 0 Å². The van der Waals surface area contributed by atoms with E-state index in [2.05, 4.69) is 9.97 Å². The molecule has 1 saturated heterocycles. The van der Waals surface area contributed by atoms with Gasteiger partial charge in [0.25, 0.3) is 5.56 Å². The summed E-state index contributed by atoms with van der Waals surface area (Å²) in [5.74, 6) is -0.985. The Morgan fingerprint density at radius 2 is 2.29 bits per heavy atom. The Labute approximate surface area is 169 Å². The molecule has 1 fully saturated rings. The van der Waals surface area contributed by atoms with Gasteiger partial charge in [0, 0.05) is 37.5 Å². The first kappa shape index (κ1) is 19.0. The summed E-state index contributed by atoms with van der Waals surface area (Å²) in [4.78, 5) is 33.6. The number of aromatic nitrogens is 3. The normalized spacial score (nSPS) is 20.0. The number of hydrogen-bond donors (Lipinski definition) is 2. The molecule has 0 bridgehead atoms. The molecule has 3 aromatic heterocycles. The fraction of sp³-hybridized carbons (Fsp3) is 0.389. The number of carbonyl (C=O) groups is 1. The van der Waals surface area contributed by atoms with Gasteiger partial charge in [0.1, 0.15) is 10.4 Å². The van der Waals surface area contributed by atoms with E-state index in [4.69, 9.17) is 21.4 Å². The molecule has 3 aromatic rings. The highest BCUT2D eigenvalue weighted by molar-refractivity contribution is 7.17. The monoisotopic (exact) mass is 422 g/mol. The maximum Gasteiger partial charge on any atom is 0.347 e. The number of rotatable bonds is 4. The van der Waals surface area contributed by atoms with Crippen LogP contribution < -0.4 is 10.5 Å². The molecule has 2 atom stereocenters. The molecule has 1 aliphatic rings. The third kappa shape index (κ3) is 3.09. The van der Waals surface area contributed by atoms with Gasteiger partial charge < -0.3 is 24.3 Å². The molecule has 1 aliphatic heterocycles. The summed E-state index contributed by atoms with van der Waals surface area (Å²) in [6, 6.07) is 1.71. The van der Waals surface area contributed by atoms with Gasteiger partial charge in [-0.1, -0.05) is 22.9 Å². The minimum absolute atomic E-state index is 0.129. The first-order valence-corrected chi connectivity index (χ1v) is 9.96. The van der Waals surface area contributed by atoms with Crippen LogP contribution in [0, 0.1) is 6.92 Å². The summed E-state index contributed by atoms with van der Waals surface area (Å²) in [6.45, 7) is 3.00. The van der Waals surface area contributed by atoms with Crippen molar-refractivity contribution in [3.05, 3.63) is 44.4 Å². The zero-order valence-corrected chi connectivity index (χ0v) is 16.9. The number of carboxylic acids is 1. The van der Waals surface area contributed by atoms with Crippen LogP contribution in [0.1, 0.15) is 27.8 Å². The van der Waals surface area contributed by atoms with Crippen LogP contribution in [0.5, 0.6) is 0 Å². The number of methoxy groups -OCH3 is 1. The first-order valence-electron chi connectivity index (χ1n) is 8.76. The summed E-state index contributed by atoms with van der Waals surface area (Å²) < 4.78 is 7.38. The highest BCUT2D eigenvalue weighted by atomic mass is 35.5. The summed E-state index contributed by atoms with van der Waals surface area (Å²) >= 11 is 7.40. The van der Waals surface area contributed by atoms with Crippen molar-refractivity contribution in [3.63, 3.8) is 0 Å². The largest absolute Gasteiger partial charge is 0.477 e. The molecule has 4 heterocycles. The molecular formula is C18H19ClN4O4S. The first-order chi connectivity index (χ1) is 13.4. The van der Waals surface area contributed by atoms with Crippen LogP contribution in [-0.4, -0.2) is 51.9 Å². The maximum absolute atomic E-state index is 13.0. The highest BCUT2D eigenvalue weighted by Crippen LogP contribution is 2.31. The molecule has 0 aromatic carbocycles. The number of H-pyrrole nitrogens is 1. The summed E-state index contributed by atoms with van der Waals surface area (Å²) in [6.07, 6.45) is 3.56. The van der Waals surface area contributed by atoms with Crippen LogP contribution in [-0.2, 0) is 4.74 Å². The molecule has 148 valence electrons. The van der Waals surface area contributed by atoms with Crippen LogP contribution in [0.4, 0.5) is 5.13 Å². The molecule has 0 saturated carbocycles. The number of ether oxygens (including phenoxy) is 1. The molecule has 0 radical (unpaired) electrons. The van der Waals surface area contributed by atoms with E-state index in [0.717, 1.165) is 22.4 Å². The third-order valence-electron chi connectivity index (χ3n) is 5.16. The summed E-state index contributed by atoms with van der Waals surface area (Å²) in [5, 5.41) is 11.0. The molecule has 10 heteroatoms. The number of carboxylic acid groups (broad SMARTS) is 1. The van der Waals surface area contributed by atoms with Crippen LogP contribution in [0.15, 0.2) is 23.3 Å². The third-order valence-corrected chi connectivity index (χ3v) is 6.69. The topological polar surface area (TPSA) is 100 Å². The Morgan fingerprint density at radius 3 is 2.96 bits per heavy atom. The van der Waals surface area contributed by atoms with Gasteiger partial charge in [0.15, 0.2) is 5.13 Å². The zero-order valence-electron chi connectivity index (χ0n) is 15.3. The molecule has 8 nitrogen and oxygen atoms in total. The second kappa shape index (κ2) is 7.23. The lowest BCUT2D eigenvalue weighted by molar-refractivity contribution is 0.0463. The molecule has 2 N–H and O–H groups in total. The van der Waals surface area contributed by atoms with E-state index in [-0.39, 0.29) is 22.6 Å². The van der Waals surface area contributed by atoms with Gasteiger partial charge in [-0.15, -0.1) is 0 Å². The number of hydrogen-bond acceptors (Lipinski definition) is 6. The Balaban J connectivity index is 1.63.